The zero-order valence-corrected chi connectivity index (χ0v) is 21.2. The summed E-state index contributed by atoms with van der Waals surface area (Å²) in [5.41, 5.74) is 3.44. The Morgan fingerprint density at radius 1 is 0.857 bits per heavy atom. The quantitative estimate of drug-likeness (QED) is 0.531. The lowest BCUT2D eigenvalue weighted by atomic mass is 9.73. The summed E-state index contributed by atoms with van der Waals surface area (Å²) in [5.74, 6) is 1.87. The van der Waals surface area contributed by atoms with Gasteiger partial charge in [-0.15, -0.1) is 0 Å². The van der Waals surface area contributed by atoms with E-state index in [-0.39, 0.29) is 42.2 Å². The van der Waals surface area contributed by atoms with E-state index in [0.717, 1.165) is 28.1 Å². The fourth-order valence-corrected chi connectivity index (χ4v) is 4.93. The van der Waals surface area contributed by atoms with Crippen molar-refractivity contribution >= 4 is 11.7 Å². The van der Waals surface area contributed by atoms with Crippen LogP contribution < -0.4 is 19.5 Å². The summed E-state index contributed by atoms with van der Waals surface area (Å²) in [6.07, 6.45) is 1.40. The second-order valence-corrected chi connectivity index (χ2v) is 9.77. The molecular weight excluding hydrogens is 442 g/mol. The summed E-state index contributed by atoms with van der Waals surface area (Å²) in [5, 5.41) is 3.00. The van der Waals surface area contributed by atoms with Crippen molar-refractivity contribution in [3.05, 3.63) is 64.9 Å². The van der Waals surface area contributed by atoms with Crippen LogP contribution >= 0.6 is 0 Å². The molecule has 2 aromatic carbocycles. The van der Waals surface area contributed by atoms with Crippen LogP contribution in [0.1, 0.15) is 76.8 Å². The maximum atomic E-state index is 13.4. The Hall–Kier alpha value is -3.28. The van der Waals surface area contributed by atoms with Crippen molar-refractivity contribution in [3.63, 3.8) is 0 Å². The molecule has 186 valence electrons. The van der Waals surface area contributed by atoms with Crippen LogP contribution in [0.3, 0.4) is 0 Å². The van der Waals surface area contributed by atoms with Crippen LogP contribution in [-0.2, 0) is 9.59 Å². The fourth-order valence-electron chi connectivity index (χ4n) is 4.93. The number of nitrogens with one attached hydrogen (secondary N) is 1. The third kappa shape index (κ3) is 5.69. The SMILES string of the molecule is CCOc1cc(C2CC(=O)NC3=C2C(=O)CC(c2ccc(OC(C)C)cc2)C3)ccc1OC(C)C. The van der Waals surface area contributed by atoms with E-state index in [1.807, 2.05) is 77.1 Å². The van der Waals surface area contributed by atoms with Gasteiger partial charge in [0.05, 0.1) is 18.8 Å². The monoisotopic (exact) mass is 477 g/mol. The number of hydrogen-bond acceptors (Lipinski definition) is 5. The molecule has 2 unspecified atom stereocenters. The van der Waals surface area contributed by atoms with Gasteiger partial charge in [0, 0.05) is 30.0 Å². The zero-order chi connectivity index (χ0) is 25.1. The number of Topliss-reactive ketones (excluding diaryl/α,β-unsaturated/α-hetero) is 1. The summed E-state index contributed by atoms with van der Waals surface area (Å²) in [6, 6.07) is 13.7. The van der Waals surface area contributed by atoms with Crippen molar-refractivity contribution < 1.29 is 23.8 Å². The van der Waals surface area contributed by atoms with E-state index in [1.165, 1.54) is 0 Å². The van der Waals surface area contributed by atoms with Gasteiger partial charge in [-0.2, -0.15) is 0 Å². The van der Waals surface area contributed by atoms with E-state index < -0.39 is 0 Å². The molecule has 0 bridgehead atoms. The van der Waals surface area contributed by atoms with Gasteiger partial charge in [0.1, 0.15) is 5.75 Å². The molecule has 0 saturated carbocycles. The normalized spacial score (nSPS) is 20.1. The first-order valence-electron chi connectivity index (χ1n) is 12.5. The van der Waals surface area contributed by atoms with Gasteiger partial charge in [0.2, 0.25) is 5.91 Å². The molecular formula is C29H35NO5. The highest BCUT2D eigenvalue weighted by molar-refractivity contribution is 6.02. The molecule has 2 aliphatic rings. The second kappa shape index (κ2) is 10.5. The maximum absolute atomic E-state index is 13.4. The minimum atomic E-state index is -0.290. The molecule has 1 aliphatic heterocycles. The molecule has 6 nitrogen and oxygen atoms in total. The third-order valence-electron chi connectivity index (χ3n) is 6.29. The number of ketones is 1. The number of hydrogen-bond donors (Lipinski definition) is 1. The number of carbonyl (C=O) groups excluding carboxylic acids is 2. The van der Waals surface area contributed by atoms with Gasteiger partial charge in [-0.05, 0) is 82.3 Å². The average molecular weight is 478 g/mol. The highest BCUT2D eigenvalue weighted by atomic mass is 16.5. The Morgan fingerprint density at radius 2 is 1.54 bits per heavy atom. The summed E-state index contributed by atoms with van der Waals surface area (Å²) in [7, 11) is 0. The first-order chi connectivity index (χ1) is 16.7. The number of allylic oxidation sites excluding steroid dienone is 2. The Labute approximate surface area is 207 Å². The van der Waals surface area contributed by atoms with Gasteiger partial charge in [-0.1, -0.05) is 18.2 Å². The van der Waals surface area contributed by atoms with Crippen molar-refractivity contribution in [2.45, 2.75) is 77.9 Å². The van der Waals surface area contributed by atoms with E-state index in [1.54, 1.807) is 0 Å². The van der Waals surface area contributed by atoms with Crippen molar-refractivity contribution in [2.24, 2.45) is 0 Å². The van der Waals surface area contributed by atoms with Crippen molar-refractivity contribution in [1.82, 2.24) is 5.32 Å². The van der Waals surface area contributed by atoms with Gasteiger partial charge in [0.15, 0.2) is 17.3 Å². The molecule has 35 heavy (non-hydrogen) atoms. The predicted molar refractivity (Wildman–Crippen MR) is 135 cm³/mol. The van der Waals surface area contributed by atoms with Gasteiger partial charge < -0.3 is 19.5 Å². The van der Waals surface area contributed by atoms with E-state index in [9.17, 15) is 9.59 Å². The molecule has 1 N–H and O–H groups in total. The molecule has 1 amide bonds. The van der Waals surface area contributed by atoms with E-state index in [4.69, 9.17) is 14.2 Å². The van der Waals surface area contributed by atoms with Crippen LogP contribution in [0.2, 0.25) is 0 Å². The summed E-state index contributed by atoms with van der Waals surface area (Å²) < 4.78 is 17.5. The van der Waals surface area contributed by atoms with Crippen LogP contribution in [0.15, 0.2) is 53.7 Å². The van der Waals surface area contributed by atoms with E-state index in [2.05, 4.69) is 5.32 Å². The Bertz CT molecular complexity index is 1120. The molecule has 0 radical (unpaired) electrons. The molecule has 1 heterocycles. The lowest BCUT2D eigenvalue weighted by Gasteiger charge is -2.34. The summed E-state index contributed by atoms with van der Waals surface area (Å²) >= 11 is 0. The molecule has 2 aromatic rings. The van der Waals surface area contributed by atoms with Gasteiger partial charge in [0.25, 0.3) is 0 Å². The Balaban J connectivity index is 1.63. The molecule has 0 fully saturated rings. The topological polar surface area (TPSA) is 73.9 Å². The molecule has 2 atom stereocenters. The number of ether oxygens (including phenoxy) is 3. The number of carbonyl (C=O) groups is 2. The van der Waals surface area contributed by atoms with Crippen molar-refractivity contribution in [2.75, 3.05) is 6.61 Å². The molecule has 6 heteroatoms. The first kappa shape index (κ1) is 24.8. The van der Waals surface area contributed by atoms with Gasteiger partial charge >= 0.3 is 0 Å². The van der Waals surface area contributed by atoms with Crippen LogP contribution in [-0.4, -0.2) is 30.5 Å². The standard InChI is InChI=1S/C29H35NO5/c1-6-33-27-15-20(9-12-26(27)35-18(4)5)23-16-28(32)30-24-13-21(14-25(31)29(23)24)19-7-10-22(11-8-19)34-17(2)3/h7-12,15,17-18,21,23H,6,13-14,16H2,1-5H3,(H,30,32). The van der Waals surface area contributed by atoms with Crippen LogP contribution in [0.4, 0.5) is 0 Å². The predicted octanol–water partition coefficient (Wildman–Crippen LogP) is 5.66. The Morgan fingerprint density at radius 3 is 2.20 bits per heavy atom. The maximum Gasteiger partial charge on any atom is 0.225 e. The molecule has 0 saturated heterocycles. The number of benzene rings is 2. The van der Waals surface area contributed by atoms with Crippen LogP contribution in [0, 0.1) is 0 Å². The lowest BCUT2D eigenvalue weighted by molar-refractivity contribution is -0.122. The minimum absolute atomic E-state index is 0.0117. The largest absolute Gasteiger partial charge is 0.491 e. The molecule has 1 aliphatic carbocycles. The highest BCUT2D eigenvalue weighted by Gasteiger charge is 2.38. The zero-order valence-electron chi connectivity index (χ0n) is 21.2. The highest BCUT2D eigenvalue weighted by Crippen LogP contribution is 2.44. The molecule has 0 aromatic heterocycles. The number of amides is 1. The van der Waals surface area contributed by atoms with Crippen molar-refractivity contribution in [1.29, 1.82) is 0 Å². The minimum Gasteiger partial charge on any atom is -0.491 e. The second-order valence-electron chi connectivity index (χ2n) is 9.77. The van der Waals surface area contributed by atoms with Gasteiger partial charge in [-0.25, -0.2) is 0 Å². The molecule has 4 rings (SSSR count). The fraction of sp³-hybridized carbons (Fsp3) is 0.448. The molecule has 0 spiro atoms. The summed E-state index contributed by atoms with van der Waals surface area (Å²) in [4.78, 5) is 26.1. The van der Waals surface area contributed by atoms with E-state index in [0.29, 0.717) is 30.9 Å². The third-order valence-corrected chi connectivity index (χ3v) is 6.29. The van der Waals surface area contributed by atoms with Gasteiger partial charge in [-0.3, -0.25) is 9.59 Å². The van der Waals surface area contributed by atoms with Crippen LogP contribution in [0.25, 0.3) is 0 Å². The average Bonchev–Trinajstić information content (AvgIpc) is 2.79. The van der Waals surface area contributed by atoms with Crippen molar-refractivity contribution in [3.8, 4) is 17.2 Å². The van der Waals surface area contributed by atoms with Crippen LogP contribution in [0.5, 0.6) is 17.2 Å². The number of rotatable bonds is 8. The first-order valence-corrected chi connectivity index (χ1v) is 12.5. The van der Waals surface area contributed by atoms with E-state index >= 15 is 0 Å². The summed E-state index contributed by atoms with van der Waals surface area (Å²) in [6.45, 7) is 10.3. The smallest absolute Gasteiger partial charge is 0.225 e. The lowest BCUT2D eigenvalue weighted by Crippen LogP contribution is -2.38. The Kier molecular flexibility index (Phi) is 7.48.